The number of amides is 1. The molecule has 1 aromatic carbocycles. The van der Waals surface area contributed by atoms with Crippen molar-refractivity contribution in [1.29, 1.82) is 0 Å². The van der Waals surface area contributed by atoms with Gasteiger partial charge >= 0.3 is 0 Å². The molecule has 0 aliphatic carbocycles. The minimum Gasteiger partial charge on any atom is -0.307 e. The van der Waals surface area contributed by atoms with E-state index in [2.05, 4.69) is 54.9 Å². The number of hydrogen-bond donors (Lipinski definition) is 0. The second kappa shape index (κ2) is 8.20. The summed E-state index contributed by atoms with van der Waals surface area (Å²) in [6.45, 7) is 12.6. The van der Waals surface area contributed by atoms with Crippen molar-refractivity contribution in [3.63, 3.8) is 0 Å². The Kier molecular flexibility index (Phi) is 5.65. The lowest BCUT2D eigenvalue weighted by Crippen LogP contribution is -2.40. The van der Waals surface area contributed by atoms with Crippen molar-refractivity contribution in [2.75, 3.05) is 31.1 Å². The molecular formula is C21H28N6OS. The molecule has 154 valence electrons. The number of nitrogens with zero attached hydrogens (tertiary/aromatic N) is 6. The number of thiazole rings is 1. The number of carbonyl (C=O) groups is 1. The molecule has 2 aromatic heterocycles. The van der Waals surface area contributed by atoms with Gasteiger partial charge in [-0.25, -0.2) is 4.98 Å². The zero-order valence-electron chi connectivity index (χ0n) is 17.6. The van der Waals surface area contributed by atoms with E-state index in [1.807, 2.05) is 4.57 Å². The minimum absolute atomic E-state index is 0.105. The molecule has 4 rings (SSSR count). The fourth-order valence-electron chi connectivity index (χ4n) is 3.97. The quantitative estimate of drug-likeness (QED) is 0.595. The summed E-state index contributed by atoms with van der Waals surface area (Å²) in [5.74, 6) is 1.24. The van der Waals surface area contributed by atoms with Crippen molar-refractivity contribution in [2.24, 2.45) is 0 Å². The summed E-state index contributed by atoms with van der Waals surface area (Å²) < 4.78 is 3.08. The molecule has 29 heavy (non-hydrogen) atoms. The number of benzene rings is 1. The van der Waals surface area contributed by atoms with Crippen LogP contribution in [0.25, 0.3) is 10.2 Å². The Labute approximate surface area is 175 Å². The van der Waals surface area contributed by atoms with Crippen LogP contribution in [0.2, 0.25) is 0 Å². The van der Waals surface area contributed by atoms with Crippen molar-refractivity contribution in [3.05, 3.63) is 34.9 Å². The molecular weight excluding hydrogens is 384 g/mol. The predicted octanol–water partition coefficient (Wildman–Crippen LogP) is 3.44. The topological polar surface area (TPSA) is 67.2 Å². The van der Waals surface area contributed by atoms with Crippen LogP contribution in [0.1, 0.15) is 47.8 Å². The van der Waals surface area contributed by atoms with Crippen LogP contribution in [-0.2, 0) is 13.0 Å². The summed E-state index contributed by atoms with van der Waals surface area (Å²) in [7, 11) is 0. The Hall–Kier alpha value is -2.32. The lowest BCUT2D eigenvalue weighted by Gasteiger charge is -2.24. The summed E-state index contributed by atoms with van der Waals surface area (Å²) >= 11 is 1.58. The van der Waals surface area contributed by atoms with E-state index in [4.69, 9.17) is 4.98 Å². The number of hydrogen-bond acceptors (Lipinski definition) is 6. The van der Waals surface area contributed by atoms with Gasteiger partial charge in [0.1, 0.15) is 5.82 Å². The third-order valence-corrected chi connectivity index (χ3v) is 6.66. The van der Waals surface area contributed by atoms with Gasteiger partial charge in [0.25, 0.3) is 5.91 Å². The van der Waals surface area contributed by atoms with Crippen molar-refractivity contribution in [3.8, 4) is 0 Å². The maximum Gasteiger partial charge on any atom is 0.298 e. The molecule has 7 nitrogen and oxygen atoms in total. The fourth-order valence-corrected chi connectivity index (χ4v) is 5.14. The molecule has 8 heteroatoms. The first kappa shape index (κ1) is 20.0. The average molecular weight is 413 g/mol. The molecule has 0 unspecified atom stereocenters. The first-order valence-electron chi connectivity index (χ1n) is 10.4. The summed E-state index contributed by atoms with van der Waals surface area (Å²) in [4.78, 5) is 22.5. The highest BCUT2D eigenvalue weighted by Crippen LogP contribution is 2.32. The van der Waals surface area contributed by atoms with Crippen molar-refractivity contribution >= 4 is 32.6 Å². The van der Waals surface area contributed by atoms with Crippen LogP contribution in [0.5, 0.6) is 0 Å². The number of rotatable bonds is 7. The maximum absolute atomic E-state index is 13.5. The van der Waals surface area contributed by atoms with E-state index in [1.54, 1.807) is 16.2 Å². The molecule has 0 spiro atoms. The van der Waals surface area contributed by atoms with Gasteiger partial charge in [-0.3, -0.25) is 9.69 Å². The molecule has 0 fully saturated rings. The zero-order chi connectivity index (χ0) is 20.5. The van der Waals surface area contributed by atoms with E-state index in [-0.39, 0.29) is 5.91 Å². The summed E-state index contributed by atoms with van der Waals surface area (Å²) in [5, 5.41) is 9.19. The van der Waals surface area contributed by atoms with Crippen LogP contribution in [0.3, 0.4) is 0 Å². The van der Waals surface area contributed by atoms with Gasteiger partial charge in [0.05, 0.1) is 10.2 Å². The van der Waals surface area contributed by atoms with Crippen LogP contribution >= 0.6 is 11.3 Å². The molecule has 0 radical (unpaired) electrons. The van der Waals surface area contributed by atoms with Crippen LogP contribution < -0.4 is 4.90 Å². The Morgan fingerprint density at radius 1 is 1.17 bits per heavy atom. The molecule has 1 aliphatic rings. The number of carbonyl (C=O) groups excluding carboxylic acids is 1. The van der Waals surface area contributed by atoms with Gasteiger partial charge in [0, 0.05) is 26.1 Å². The Bertz CT molecular complexity index is 1040. The molecule has 0 saturated carbocycles. The summed E-state index contributed by atoms with van der Waals surface area (Å²) in [6, 6.07) is 4.28. The van der Waals surface area contributed by atoms with Gasteiger partial charge in [0.2, 0.25) is 5.82 Å². The fraction of sp³-hybridized carbons (Fsp3) is 0.524. The number of aryl methyl sites for hydroxylation is 3. The number of fused-ring (bicyclic) bond motifs is 2. The monoisotopic (exact) mass is 412 g/mol. The van der Waals surface area contributed by atoms with Crippen molar-refractivity contribution in [1.82, 2.24) is 24.6 Å². The minimum atomic E-state index is -0.105. The van der Waals surface area contributed by atoms with E-state index >= 15 is 0 Å². The largest absolute Gasteiger partial charge is 0.307 e. The highest BCUT2D eigenvalue weighted by molar-refractivity contribution is 7.22. The van der Waals surface area contributed by atoms with Gasteiger partial charge in [-0.15, -0.1) is 10.2 Å². The number of anilines is 1. The van der Waals surface area contributed by atoms with Crippen molar-refractivity contribution in [2.45, 2.75) is 47.1 Å². The maximum atomic E-state index is 13.5. The van der Waals surface area contributed by atoms with Crippen LogP contribution in [0.15, 0.2) is 12.1 Å². The molecule has 0 atom stereocenters. The lowest BCUT2D eigenvalue weighted by atomic mass is 10.1. The second-order valence-corrected chi connectivity index (χ2v) is 8.61. The van der Waals surface area contributed by atoms with Gasteiger partial charge in [-0.2, -0.15) is 0 Å². The first-order chi connectivity index (χ1) is 14.0. The predicted molar refractivity (Wildman–Crippen MR) is 117 cm³/mol. The van der Waals surface area contributed by atoms with Gasteiger partial charge in [0.15, 0.2) is 5.13 Å². The lowest BCUT2D eigenvalue weighted by molar-refractivity contribution is 0.0969. The van der Waals surface area contributed by atoms with Crippen molar-refractivity contribution < 1.29 is 4.79 Å². The average Bonchev–Trinajstić information content (AvgIpc) is 3.40. The molecule has 0 bridgehead atoms. The van der Waals surface area contributed by atoms with Gasteiger partial charge in [-0.1, -0.05) is 31.3 Å². The summed E-state index contributed by atoms with van der Waals surface area (Å²) in [6.07, 6.45) is 1.91. The number of likely N-dealkylation sites (N-methyl/N-ethyl adjacent to an activating group) is 1. The van der Waals surface area contributed by atoms with E-state index < -0.39 is 0 Å². The number of aromatic nitrogens is 4. The molecule has 0 saturated heterocycles. The Morgan fingerprint density at radius 2 is 1.97 bits per heavy atom. The first-order valence-corrected chi connectivity index (χ1v) is 11.2. The van der Waals surface area contributed by atoms with Gasteiger partial charge in [-0.05, 0) is 50.6 Å². The molecule has 0 N–H and O–H groups in total. The Balaban J connectivity index is 1.71. The van der Waals surface area contributed by atoms with Gasteiger partial charge < -0.3 is 9.47 Å². The summed E-state index contributed by atoms with van der Waals surface area (Å²) in [5.41, 5.74) is 3.33. The highest BCUT2D eigenvalue weighted by Gasteiger charge is 2.29. The van der Waals surface area contributed by atoms with E-state index in [0.717, 1.165) is 65.8 Å². The molecule has 3 heterocycles. The third kappa shape index (κ3) is 3.79. The van der Waals surface area contributed by atoms with Crippen LogP contribution in [-0.4, -0.2) is 56.7 Å². The van der Waals surface area contributed by atoms with Crippen LogP contribution in [0.4, 0.5) is 5.13 Å². The highest BCUT2D eigenvalue weighted by atomic mass is 32.1. The SMILES string of the molecule is CCN(CC)CCN(C(=O)c1nnc2n1CCC2)c1nc2c(C)cc(C)cc2s1. The second-order valence-electron chi connectivity index (χ2n) is 7.60. The smallest absolute Gasteiger partial charge is 0.298 e. The third-order valence-electron chi connectivity index (χ3n) is 5.63. The Morgan fingerprint density at radius 3 is 2.72 bits per heavy atom. The van der Waals surface area contributed by atoms with E-state index in [0.29, 0.717) is 12.4 Å². The van der Waals surface area contributed by atoms with E-state index in [9.17, 15) is 4.79 Å². The standard InChI is InChI=1S/C21H28N6OS/c1-5-25(6-2)10-11-27(20(28)19-24-23-17-8-7-9-26(17)19)21-22-18-15(4)12-14(3)13-16(18)29-21/h12-13H,5-11H2,1-4H3. The molecule has 3 aromatic rings. The van der Waals surface area contributed by atoms with Crippen LogP contribution in [0, 0.1) is 13.8 Å². The zero-order valence-corrected chi connectivity index (χ0v) is 18.4. The normalized spacial score (nSPS) is 13.4. The molecule has 1 amide bonds. The van der Waals surface area contributed by atoms with E-state index in [1.165, 1.54) is 5.56 Å². The molecule has 1 aliphatic heterocycles.